The molecule has 0 aliphatic rings. The lowest BCUT2D eigenvalue weighted by Crippen LogP contribution is -2.08. The molecule has 0 atom stereocenters. The predicted molar refractivity (Wildman–Crippen MR) is 61.1 cm³/mol. The van der Waals surface area contributed by atoms with Gasteiger partial charge in [0.25, 0.3) is 0 Å². The van der Waals surface area contributed by atoms with Gasteiger partial charge in [0.2, 0.25) is 0 Å². The maximum Gasteiger partial charge on any atom is 0.338 e. The van der Waals surface area contributed by atoms with Gasteiger partial charge in [0, 0.05) is 6.54 Å². The fourth-order valence-electron chi connectivity index (χ4n) is 1.22. The summed E-state index contributed by atoms with van der Waals surface area (Å²) >= 11 is 0. The minimum atomic E-state index is -0.295. The van der Waals surface area contributed by atoms with E-state index in [0.29, 0.717) is 31.9 Å². The van der Waals surface area contributed by atoms with E-state index in [1.54, 1.807) is 19.1 Å². The molecule has 0 heterocycles. The van der Waals surface area contributed by atoms with Gasteiger partial charge in [-0.3, -0.25) is 0 Å². The third-order valence-electron chi connectivity index (χ3n) is 2.00. The van der Waals surface area contributed by atoms with Gasteiger partial charge in [-0.1, -0.05) is 12.1 Å². The van der Waals surface area contributed by atoms with Crippen molar-refractivity contribution in [1.29, 1.82) is 0 Å². The molecular formula is C12H17NO3. The van der Waals surface area contributed by atoms with Crippen LogP contribution in [0.2, 0.25) is 0 Å². The highest BCUT2D eigenvalue weighted by Gasteiger charge is 2.05. The van der Waals surface area contributed by atoms with Crippen molar-refractivity contribution in [1.82, 2.24) is 0 Å². The molecule has 1 aromatic rings. The zero-order valence-corrected chi connectivity index (χ0v) is 9.44. The molecule has 0 radical (unpaired) electrons. The Morgan fingerprint density at radius 1 is 1.31 bits per heavy atom. The third-order valence-corrected chi connectivity index (χ3v) is 2.00. The second-order valence-electron chi connectivity index (χ2n) is 3.26. The lowest BCUT2D eigenvalue weighted by Gasteiger charge is -2.04. The number of esters is 1. The molecule has 1 aromatic carbocycles. The average molecular weight is 223 g/mol. The summed E-state index contributed by atoms with van der Waals surface area (Å²) in [6.45, 7) is 3.74. The molecule has 0 aliphatic carbocycles. The molecule has 0 spiro atoms. The van der Waals surface area contributed by atoms with E-state index in [-0.39, 0.29) is 5.97 Å². The predicted octanol–water partition coefficient (Wildman–Crippen LogP) is 1.34. The van der Waals surface area contributed by atoms with Crippen LogP contribution < -0.4 is 5.73 Å². The maximum absolute atomic E-state index is 11.3. The molecule has 0 saturated carbocycles. The van der Waals surface area contributed by atoms with Crippen LogP contribution in [0.1, 0.15) is 22.8 Å². The summed E-state index contributed by atoms with van der Waals surface area (Å²) in [5, 5.41) is 0. The van der Waals surface area contributed by atoms with Crippen LogP contribution in [0.15, 0.2) is 24.3 Å². The molecule has 1 rings (SSSR count). The average Bonchev–Trinajstić information content (AvgIpc) is 2.30. The van der Waals surface area contributed by atoms with Crippen LogP contribution in [0.4, 0.5) is 0 Å². The van der Waals surface area contributed by atoms with Crippen molar-refractivity contribution in [3.63, 3.8) is 0 Å². The van der Waals surface area contributed by atoms with Crippen molar-refractivity contribution in [2.45, 2.75) is 13.5 Å². The molecule has 0 aromatic heterocycles. The summed E-state index contributed by atoms with van der Waals surface area (Å²) in [5.41, 5.74) is 6.88. The number of rotatable bonds is 6. The van der Waals surface area contributed by atoms with Crippen molar-refractivity contribution in [2.75, 3.05) is 19.8 Å². The van der Waals surface area contributed by atoms with E-state index >= 15 is 0 Å². The highest BCUT2D eigenvalue weighted by atomic mass is 16.5. The zero-order valence-electron chi connectivity index (χ0n) is 9.44. The fourth-order valence-corrected chi connectivity index (χ4v) is 1.22. The first-order chi connectivity index (χ1) is 7.77. The van der Waals surface area contributed by atoms with Gasteiger partial charge in [0.05, 0.1) is 25.4 Å². The molecular weight excluding hydrogens is 206 g/mol. The SMILES string of the molecule is CCOC(=O)c1ccc(COCCN)cc1. The van der Waals surface area contributed by atoms with E-state index in [9.17, 15) is 4.79 Å². The Morgan fingerprint density at radius 2 is 2.00 bits per heavy atom. The molecule has 4 nitrogen and oxygen atoms in total. The van der Waals surface area contributed by atoms with Crippen molar-refractivity contribution < 1.29 is 14.3 Å². The molecule has 0 bridgehead atoms. The van der Waals surface area contributed by atoms with E-state index in [1.165, 1.54) is 0 Å². The number of hydrogen-bond donors (Lipinski definition) is 1. The van der Waals surface area contributed by atoms with Gasteiger partial charge in [0.1, 0.15) is 0 Å². The smallest absolute Gasteiger partial charge is 0.338 e. The highest BCUT2D eigenvalue weighted by molar-refractivity contribution is 5.89. The lowest BCUT2D eigenvalue weighted by molar-refractivity contribution is 0.0526. The molecule has 16 heavy (non-hydrogen) atoms. The van der Waals surface area contributed by atoms with Gasteiger partial charge in [-0.15, -0.1) is 0 Å². The second kappa shape index (κ2) is 6.98. The number of ether oxygens (including phenoxy) is 2. The van der Waals surface area contributed by atoms with Gasteiger partial charge >= 0.3 is 5.97 Å². The van der Waals surface area contributed by atoms with E-state index in [0.717, 1.165) is 5.56 Å². The van der Waals surface area contributed by atoms with Crippen molar-refractivity contribution in [3.8, 4) is 0 Å². The summed E-state index contributed by atoms with van der Waals surface area (Å²) in [5.74, 6) is -0.295. The number of benzene rings is 1. The summed E-state index contributed by atoms with van der Waals surface area (Å²) in [6.07, 6.45) is 0. The Morgan fingerprint density at radius 3 is 2.56 bits per heavy atom. The lowest BCUT2D eigenvalue weighted by atomic mass is 10.1. The van der Waals surface area contributed by atoms with E-state index in [1.807, 2.05) is 12.1 Å². The Labute approximate surface area is 95.3 Å². The van der Waals surface area contributed by atoms with E-state index in [2.05, 4.69) is 0 Å². The van der Waals surface area contributed by atoms with Crippen LogP contribution in [-0.2, 0) is 16.1 Å². The van der Waals surface area contributed by atoms with Crippen LogP contribution in [0.5, 0.6) is 0 Å². The maximum atomic E-state index is 11.3. The molecule has 4 heteroatoms. The fraction of sp³-hybridized carbons (Fsp3) is 0.417. The van der Waals surface area contributed by atoms with E-state index in [4.69, 9.17) is 15.2 Å². The molecule has 0 unspecified atom stereocenters. The van der Waals surface area contributed by atoms with Gasteiger partial charge < -0.3 is 15.2 Å². The normalized spacial score (nSPS) is 10.1. The van der Waals surface area contributed by atoms with Gasteiger partial charge in [-0.2, -0.15) is 0 Å². The molecule has 0 amide bonds. The number of carbonyl (C=O) groups is 1. The number of nitrogens with two attached hydrogens (primary N) is 1. The van der Waals surface area contributed by atoms with Crippen molar-refractivity contribution in [2.24, 2.45) is 5.73 Å². The minimum absolute atomic E-state index is 0.295. The Bertz CT molecular complexity index is 322. The van der Waals surface area contributed by atoms with Crippen molar-refractivity contribution >= 4 is 5.97 Å². The Balaban J connectivity index is 2.50. The minimum Gasteiger partial charge on any atom is -0.462 e. The van der Waals surface area contributed by atoms with Gasteiger partial charge in [0.15, 0.2) is 0 Å². The molecule has 0 saturated heterocycles. The summed E-state index contributed by atoms with van der Waals surface area (Å²) < 4.78 is 10.2. The van der Waals surface area contributed by atoms with Crippen LogP contribution >= 0.6 is 0 Å². The van der Waals surface area contributed by atoms with E-state index < -0.39 is 0 Å². The van der Waals surface area contributed by atoms with Crippen LogP contribution in [0.3, 0.4) is 0 Å². The van der Waals surface area contributed by atoms with Gasteiger partial charge in [-0.05, 0) is 24.6 Å². The summed E-state index contributed by atoms with van der Waals surface area (Å²) in [6, 6.07) is 7.17. The number of hydrogen-bond acceptors (Lipinski definition) is 4. The molecule has 0 fully saturated rings. The first-order valence-electron chi connectivity index (χ1n) is 5.31. The highest BCUT2D eigenvalue weighted by Crippen LogP contribution is 2.07. The first-order valence-corrected chi connectivity index (χ1v) is 5.31. The molecule has 0 aliphatic heterocycles. The van der Waals surface area contributed by atoms with Crippen LogP contribution in [0.25, 0.3) is 0 Å². The second-order valence-corrected chi connectivity index (χ2v) is 3.26. The Hall–Kier alpha value is -1.39. The molecule has 88 valence electrons. The van der Waals surface area contributed by atoms with Crippen LogP contribution in [-0.4, -0.2) is 25.7 Å². The quantitative estimate of drug-likeness (QED) is 0.584. The Kier molecular flexibility index (Phi) is 5.53. The van der Waals surface area contributed by atoms with Gasteiger partial charge in [-0.25, -0.2) is 4.79 Å². The van der Waals surface area contributed by atoms with Crippen molar-refractivity contribution in [3.05, 3.63) is 35.4 Å². The summed E-state index contributed by atoms with van der Waals surface area (Å²) in [4.78, 5) is 11.3. The summed E-state index contributed by atoms with van der Waals surface area (Å²) in [7, 11) is 0. The largest absolute Gasteiger partial charge is 0.462 e. The number of carbonyl (C=O) groups excluding carboxylic acids is 1. The molecule has 2 N–H and O–H groups in total. The topological polar surface area (TPSA) is 61.5 Å². The third kappa shape index (κ3) is 4.00. The van der Waals surface area contributed by atoms with Crippen LogP contribution in [0, 0.1) is 0 Å². The monoisotopic (exact) mass is 223 g/mol. The first kappa shape index (κ1) is 12.7. The standard InChI is InChI=1S/C12H17NO3/c1-2-16-12(14)11-5-3-10(4-6-11)9-15-8-7-13/h3-6H,2,7-9,13H2,1H3. The zero-order chi connectivity index (χ0) is 11.8.